The summed E-state index contributed by atoms with van der Waals surface area (Å²) >= 11 is 0. The maximum atomic E-state index is 10.4. The quantitative estimate of drug-likeness (QED) is 0.753. The smallest absolute Gasteiger partial charge is 0.290 e. The second-order valence-electron chi connectivity index (χ2n) is 3.36. The highest BCUT2D eigenvalue weighted by molar-refractivity contribution is 5.70. The van der Waals surface area contributed by atoms with Crippen molar-refractivity contribution >= 4 is 6.29 Å². The van der Waals surface area contributed by atoms with Gasteiger partial charge < -0.3 is 9.15 Å². The van der Waals surface area contributed by atoms with Crippen LogP contribution >= 0.6 is 0 Å². The van der Waals surface area contributed by atoms with Gasteiger partial charge in [0.25, 0.3) is 5.95 Å². The largest absolute Gasteiger partial charge is 0.426 e. The summed E-state index contributed by atoms with van der Waals surface area (Å²) in [5, 5.41) is 8.52. The Bertz CT molecular complexity index is 549. The topological polar surface area (TPSA) is 63.2 Å². The normalized spacial score (nSPS) is 9.59. The molecule has 0 atom stereocenters. The molecule has 0 aliphatic heterocycles. The van der Waals surface area contributed by atoms with Crippen molar-refractivity contribution in [2.75, 3.05) is 0 Å². The number of nitrogens with zero attached hydrogens (tertiary/aromatic N) is 1. The van der Waals surface area contributed by atoms with Gasteiger partial charge in [-0.15, -0.1) is 0 Å². The van der Waals surface area contributed by atoms with Crippen LogP contribution in [0.25, 0.3) is 0 Å². The first-order valence-electron chi connectivity index (χ1n) is 5.00. The van der Waals surface area contributed by atoms with E-state index >= 15 is 0 Å². The lowest BCUT2D eigenvalue weighted by atomic mass is 10.2. The summed E-state index contributed by atoms with van der Waals surface area (Å²) in [6.45, 7) is 0. The fourth-order valence-corrected chi connectivity index (χ4v) is 1.34. The number of nitriles is 1. The van der Waals surface area contributed by atoms with Crippen LogP contribution in [0.1, 0.15) is 16.1 Å². The van der Waals surface area contributed by atoms with Crippen LogP contribution < -0.4 is 4.74 Å². The first-order chi connectivity index (χ1) is 8.31. The van der Waals surface area contributed by atoms with Crippen molar-refractivity contribution < 1.29 is 13.9 Å². The third kappa shape index (κ3) is 2.73. The van der Waals surface area contributed by atoms with Gasteiger partial charge in [0.2, 0.25) is 0 Å². The number of carbonyl (C=O) groups excluding carboxylic acids is 1. The molecule has 0 bridgehead atoms. The van der Waals surface area contributed by atoms with E-state index in [9.17, 15) is 4.79 Å². The highest BCUT2D eigenvalue weighted by atomic mass is 16.6. The van der Waals surface area contributed by atoms with Crippen molar-refractivity contribution in [1.82, 2.24) is 0 Å². The molecule has 0 radical (unpaired) electrons. The van der Waals surface area contributed by atoms with Crippen LogP contribution in [0.5, 0.6) is 11.7 Å². The minimum absolute atomic E-state index is 0.223. The zero-order chi connectivity index (χ0) is 12.1. The van der Waals surface area contributed by atoms with Crippen LogP contribution in [0.15, 0.2) is 40.8 Å². The predicted molar refractivity (Wildman–Crippen MR) is 59.9 cm³/mol. The maximum Gasteiger partial charge on any atom is 0.290 e. The molecule has 0 N–H and O–H groups in total. The Hall–Kier alpha value is -2.54. The van der Waals surface area contributed by atoms with E-state index in [4.69, 9.17) is 14.4 Å². The number of hydrogen-bond acceptors (Lipinski definition) is 4. The molecular weight excluding hydrogens is 218 g/mol. The van der Waals surface area contributed by atoms with E-state index in [0.717, 1.165) is 5.56 Å². The van der Waals surface area contributed by atoms with Gasteiger partial charge >= 0.3 is 0 Å². The first kappa shape index (κ1) is 11.0. The summed E-state index contributed by atoms with van der Waals surface area (Å²) < 4.78 is 10.5. The minimum atomic E-state index is 0.223. The summed E-state index contributed by atoms with van der Waals surface area (Å²) in [4.78, 5) is 10.4. The Balaban J connectivity index is 2.08. The number of furan rings is 1. The predicted octanol–water partition coefficient (Wildman–Crippen LogP) is 2.95. The lowest BCUT2D eigenvalue weighted by Gasteiger charge is -2.02. The number of carbonyl (C=O) groups is 1. The fourth-order valence-electron chi connectivity index (χ4n) is 1.34. The van der Waals surface area contributed by atoms with Crippen molar-refractivity contribution in [1.29, 1.82) is 5.26 Å². The molecule has 2 rings (SSSR count). The fraction of sp³-hybridized carbons (Fsp3) is 0.0769. The lowest BCUT2D eigenvalue weighted by molar-refractivity contribution is 0.109. The number of rotatable bonds is 4. The van der Waals surface area contributed by atoms with E-state index in [2.05, 4.69) is 6.07 Å². The van der Waals surface area contributed by atoms with Gasteiger partial charge in [0, 0.05) is 6.07 Å². The molecule has 1 aromatic heterocycles. The second-order valence-corrected chi connectivity index (χ2v) is 3.36. The molecule has 1 heterocycles. The average Bonchev–Trinajstić information content (AvgIpc) is 2.80. The third-order valence-corrected chi connectivity index (χ3v) is 2.14. The van der Waals surface area contributed by atoms with Crippen LogP contribution in [0.2, 0.25) is 0 Å². The zero-order valence-corrected chi connectivity index (χ0v) is 8.92. The lowest BCUT2D eigenvalue weighted by Crippen LogP contribution is -1.84. The number of hydrogen-bond donors (Lipinski definition) is 0. The third-order valence-electron chi connectivity index (χ3n) is 2.14. The van der Waals surface area contributed by atoms with Gasteiger partial charge in [0.05, 0.1) is 12.5 Å². The van der Waals surface area contributed by atoms with Crippen molar-refractivity contribution in [2.45, 2.75) is 6.42 Å². The van der Waals surface area contributed by atoms with Gasteiger partial charge in [-0.3, -0.25) is 4.79 Å². The molecule has 2 aromatic rings. The van der Waals surface area contributed by atoms with E-state index in [0.29, 0.717) is 18.5 Å². The molecule has 84 valence electrons. The van der Waals surface area contributed by atoms with Gasteiger partial charge in [-0.05, 0) is 23.8 Å². The molecule has 4 nitrogen and oxygen atoms in total. The molecule has 0 fully saturated rings. The van der Waals surface area contributed by atoms with Crippen LogP contribution in [0.4, 0.5) is 0 Å². The summed E-state index contributed by atoms with van der Waals surface area (Å²) in [5.41, 5.74) is 0.924. The summed E-state index contributed by atoms with van der Waals surface area (Å²) in [6.07, 6.45) is 0.985. The maximum absolute atomic E-state index is 10.4. The molecule has 0 spiro atoms. The standard InChI is InChI=1S/C13H9NO3/c14-8-7-10-1-3-11(4-2-10)16-13-6-5-12(9-15)17-13/h1-6,9H,7H2. The Labute approximate surface area is 98.0 Å². The van der Waals surface area contributed by atoms with Crippen LogP contribution in [-0.2, 0) is 6.42 Å². The van der Waals surface area contributed by atoms with Gasteiger partial charge in [-0.25, -0.2) is 0 Å². The Morgan fingerprint density at radius 1 is 1.24 bits per heavy atom. The first-order valence-corrected chi connectivity index (χ1v) is 5.00. The molecular formula is C13H9NO3. The number of aldehydes is 1. The second kappa shape index (κ2) is 4.99. The molecule has 0 saturated heterocycles. The molecule has 0 saturated carbocycles. The number of benzene rings is 1. The number of ether oxygens (including phenoxy) is 1. The van der Waals surface area contributed by atoms with Crippen LogP contribution in [-0.4, -0.2) is 6.29 Å². The van der Waals surface area contributed by atoms with E-state index < -0.39 is 0 Å². The SMILES string of the molecule is N#CCc1ccc(Oc2ccc(C=O)o2)cc1. The van der Waals surface area contributed by atoms with Gasteiger partial charge in [-0.1, -0.05) is 12.1 Å². The molecule has 0 amide bonds. The minimum Gasteiger partial charge on any atom is -0.426 e. The van der Waals surface area contributed by atoms with Gasteiger partial charge in [-0.2, -0.15) is 5.26 Å². The Kier molecular flexibility index (Phi) is 3.22. The zero-order valence-electron chi connectivity index (χ0n) is 8.92. The van der Waals surface area contributed by atoms with Gasteiger partial charge in [0.1, 0.15) is 5.75 Å². The van der Waals surface area contributed by atoms with Gasteiger partial charge in [0.15, 0.2) is 12.0 Å². The summed E-state index contributed by atoms with van der Waals surface area (Å²) in [6, 6.07) is 12.3. The van der Waals surface area contributed by atoms with E-state index in [1.165, 1.54) is 6.07 Å². The Morgan fingerprint density at radius 3 is 2.59 bits per heavy atom. The van der Waals surface area contributed by atoms with Crippen LogP contribution in [0, 0.1) is 11.3 Å². The van der Waals surface area contributed by atoms with E-state index in [1.807, 2.05) is 12.1 Å². The monoisotopic (exact) mass is 227 g/mol. The van der Waals surface area contributed by atoms with Crippen molar-refractivity contribution in [2.24, 2.45) is 0 Å². The summed E-state index contributed by atoms with van der Waals surface area (Å²) in [7, 11) is 0. The molecule has 0 aliphatic rings. The van der Waals surface area contributed by atoms with E-state index in [-0.39, 0.29) is 11.7 Å². The van der Waals surface area contributed by atoms with Crippen molar-refractivity contribution in [3.8, 4) is 17.8 Å². The highest BCUT2D eigenvalue weighted by Crippen LogP contribution is 2.23. The molecule has 1 aromatic carbocycles. The van der Waals surface area contributed by atoms with Crippen molar-refractivity contribution in [3.05, 3.63) is 47.7 Å². The van der Waals surface area contributed by atoms with Crippen LogP contribution in [0.3, 0.4) is 0 Å². The summed E-state index contributed by atoms with van der Waals surface area (Å²) in [5.74, 6) is 1.08. The average molecular weight is 227 g/mol. The molecule has 0 aliphatic carbocycles. The van der Waals surface area contributed by atoms with E-state index in [1.54, 1.807) is 18.2 Å². The highest BCUT2D eigenvalue weighted by Gasteiger charge is 2.03. The van der Waals surface area contributed by atoms with Crippen molar-refractivity contribution in [3.63, 3.8) is 0 Å². The molecule has 4 heteroatoms. The molecule has 17 heavy (non-hydrogen) atoms. The Morgan fingerprint density at radius 2 is 2.00 bits per heavy atom. The molecule has 0 unspecified atom stereocenters.